The van der Waals surface area contributed by atoms with Gasteiger partial charge in [0, 0.05) is 12.7 Å². The number of benzene rings is 2. The average molecular weight is 302 g/mol. The van der Waals surface area contributed by atoms with Crippen molar-refractivity contribution in [2.24, 2.45) is 7.05 Å². The molecule has 3 aromatic rings. The topological polar surface area (TPSA) is 70.0 Å². The first-order valence-electron chi connectivity index (χ1n) is 6.27. The number of aryl methyl sites for hydroxylation is 1. The predicted molar refractivity (Wildman–Crippen MR) is 82.8 cm³/mol. The Bertz CT molecular complexity index is 924. The molecule has 3 rings (SSSR count). The van der Waals surface area contributed by atoms with Gasteiger partial charge in [0.15, 0.2) is 0 Å². The van der Waals surface area contributed by atoms with Gasteiger partial charge in [0.1, 0.15) is 0 Å². The number of nitrogens with two attached hydrogens (primary N) is 1. The first-order valence-corrected chi connectivity index (χ1v) is 6.64. The van der Waals surface area contributed by atoms with Crippen LogP contribution in [0.3, 0.4) is 0 Å². The number of carbonyl (C=O) groups excluding carboxylic acids is 1. The lowest BCUT2D eigenvalue weighted by atomic mass is 10.2. The molecular weight excluding hydrogens is 290 g/mol. The zero-order valence-electron chi connectivity index (χ0n) is 11.2. The van der Waals surface area contributed by atoms with Crippen LogP contribution in [-0.2, 0) is 7.05 Å². The summed E-state index contributed by atoms with van der Waals surface area (Å²) < 4.78 is 2.50. The van der Waals surface area contributed by atoms with Crippen LogP contribution in [0.5, 0.6) is 0 Å². The van der Waals surface area contributed by atoms with E-state index in [9.17, 15) is 9.59 Å². The minimum absolute atomic E-state index is 0.274. The Morgan fingerprint density at radius 1 is 1.14 bits per heavy atom. The molecule has 0 saturated heterocycles. The number of aromatic nitrogens is 2. The third-order valence-corrected chi connectivity index (χ3v) is 3.72. The normalized spacial score (nSPS) is 11.0. The molecule has 5 nitrogen and oxygen atoms in total. The maximum Gasteiger partial charge on any atom is 0.335 e. The van der Waals surface area contributed by atoms with Crippen molar-refractivity contribution in [3.05, 3.63) is 63.5 Å². The summed E-state index contributed by atoms with van der Waals surface area (Å²) in [6.07, 6.45) is 0. The van der Waals surface area contributed by atoms with Gasteiger partial charge in [0.2, 0.25) is 0 Å². The molecule has 6 heteroatoms. The Labute approximate surface area is 125 Å². The molecule has 106 valence electrons. The van der Waals surface area contributed by atoms with Gasteiger partial charge in [-0.25, -0.2) is 9.36 Å². The van der Waals surface area contributed by atoms with Crippen molar-refractivity contribution in [3.63, 3.8) is 0 Å². The summed E-state index contributed by atoms with van der Waals surface area (Å²) in [6.45, 7) is 0. The van der Waals surface area contributed by atoms with Gasteiger partial charge in [0.25, 0.3) is 5.91 Å². The molecule has 0 fully saturated rings. The van der Waals surface area contributed by atoms with Crippen molar-refractivity contribution in [1.29, 1.82) is 0 Å². The Morgan fingerprint density at radius 3 is 2.57 bits per heavy atom. The van der Waals surface area contributed by atoms with E-state index in [4.69, 9.17) is 17.3 Å². The second kappa shape index (κ2) is 4.79. The van der Waals surface area contributed by atoms with Gasteiger partial charge >= 0.3 is 5.69 Å². The lowest BCUT2D eigenvalue weighted by molar-refractivity contribution is 0.0960. The minimum Gasteiger partial charge on any atom is -0.399 e. The van der Waals surface area contributed by atoms with Gasteiger partial charge in [-0.05, 0) is 30.3 Å². The minimum atomic E-state index is -0.471. The molecule has 2 aromatic carbocycles. The van der Waals surface area contributed by atoms with E-state index in [0.717, 1.165) is 4.57 Å². The van der Waals surface area contributed by atoms with E-state index in [0.29, 0.717) is 21.7 Å². The first-order chi connectivity index (χ1) is 10.0. The van der Waals surface area contributed by atoms with E-state index in [2.05, 4.69) is 0 Å². The highest BCUT2D eigenvalue weighted by atomic mass is 35.5. The molecule has 0 spiro atoms. The van der Waals surface area contributed by atoms with Crippen LogP contribution >= 0.6 is 11.6 Å². The van der Waals surface area contributed by atoms with E-state index >= 15 is 0 Å². The molecule has 0 aliphatic rings. The van der Waals surface area contributed by atoms with Crippen molar-refractivity contribution >= 4 is 34.2 Å². The number of halogens is 1. The van der Waals surface area contributed by atoms with Crippen LogP contribution in [0.4, 0.5) is 5.69 Å². The molecule has 0 bridgehead atoms. The highest BCUT2D eigenvalue weighted by Gasteiger charge is 2.20. The van der Waals surface area contributed by atoms with E-state index in [1.54, 1.807) is 49.5 Å². The molecule has 0 saturated carbocycles. The molecule has 21 heavy (non-hydrogen) atoms. The van der Waals surface area contributed by atoms with Gasteiger partial charge in [-0.15, -0.1) is 0 Å². The predicted octanol–water partition coefficient (Wildman–Crippen LogP) is 2.26. The molecule has 0 aliphatic heterocycles. The summed E-state index contributed by atoms with van der Waals surface area (Å²) in [5.74, 6) is -0.471. The number of anilines is 1. The fourth-order valence-electron chi connectivity index (χ4n) is 2.31. The monoisotopic (exact) mass is 301 g/mol. The maximum absolute atomic E-state index is 12.7. The van der Waals surface area contributed by atoms with Gasteiger partial charge in [0.05, 0.1) is 21.6 Å². The largest absolute Gasteiger partial charge is 0.399 e. The fraction of sp³-hybridized carbons (Fsp3) is 0.0667. The van der Waals surface area contributed by atoms with Crippen molar-refractivity contribution in [2.75, 3.05) is 5.73 Å². The van der Waals surface area contributed by atoms with Gasteiger partial charge < -0.3 is 5.73 Å². The van der Waals surface area contributed by atoms with Crippen LogP contribution in [0, 0.1) is 0 Å². The summed E-state index contributed by atoms with van der Waals surface area (Å²) in [6, 6.07) is 11.6. The standard InChI is InChI=1S/C15H12ClN3O2/c1-18-12-7-6-9(17)8-13(12)19(15(18)21)14(20)10-4-2-3-5-11(10)16/h2-8H,17H2,1H3. The number of hydrogen-bond acceptors (Lipinski definition) is 3. The smallest absolute Gasteiger partial charge is 0.335 e. The third kappa shape index (κ3) is 2.02. The SMILES string of the molecule is Cn1c(=O)n(C(=O)c2ccccc2Cl)c2cc(N)ccc21. The fourth-order valence-corrected chi connectivity index (χ4v) is 2.53. The van der Waals surface area contributed by atoms with E-state index in [1.807, 2.05) is 0 Å². The van der Waals surface area contributed by atoms with Gasteiger partial charge in [-0.3, -0.25) is 9.36 Å². The first kappa shape index (κ1) is 13.5. The second-order valence-electron chi connectivity index (χ2n) is 4.71. The zero-order valence-corrected chi connectivity index (χ0v) is 12.0. The summed E-state index contributed by atoms with van der Waals surface area (Å²) >= 11 is 6.04. The van der Waals surface area contributed by atoms with Crippen molar-refractivity contribution in [3.8, 4) is 0 Å². The molecule has 0 atom stereocenters. The number of hydrogen-bond donors (Lipinski definition) is 1. The number of carbonyl (C=O) groups is 1. The van der Waals surface area contributed by atoms with Crippen LogP contribution in [0.25, 0.3) is 11.0 Å². The summed E-state index contributed by atoms with van der Waals surface area (Å²) in [4.78, 5) is 25.0. The molecule has 0 amide bonds. The molecule has 1 aromatic heterocycles. The van der Waals surface area contributed by atoms with E-state index in [1.165, 1.54) is 4.57 Å². The second-order valence-corrected chi connectivity index (χ2v) is 5.12. The van der Waals surface area contributed by atoms with E-state index < -0.39 is 11.6 Å². The Morgan fingerprint density at radius 2 is 1.86 bits per heavy atom. The summed E-state index contributed by atoms with van der Waals surface area (Å²) in [7, 11) is 1.61. The lowest BCUT2D eigenvalue weighted by Gasteiger charge is -2.04. The number of rotatable bonds is 1. The summed E-state index contributed by atoms with van der Waals surface area (Å²) in [5, 5.41) is 0.301. The van der Waals surface area contributed by atoms with Gasteiger partial charge in [-0.1, -0.05) is 23.7 Å². The quantitative estimate of drug-likeness (QED) is 0.701. The average Bonchev–Trinajstić information content (AvgIpc) is 2.70. The van der Waals surface area contributed by atoms with E-state index in [-0.39, 0.29) is 5.56 Å². The molecule has 1 heterocycles. The summed E-state index contributed by atoms with van der Waals surface area (Å²) in [5.41, 5.74) is 7.18. The highest BCUT2D eigenvalue weighted by Crippen LogP contribution is 2.20. The van der Waals surface area contributed by atoms with Crippen LogP contribution in [-0.4, -0.2) is 15.0 Å². The Kier molecular flexibility index (Phi) is 3.07. The molecule has 0 unspecified atom stereocenters. The van der Waals surface area contributed by atoms with Crippen molar-refractivity contribution in [1.82, 2.24) is 9.13 Å². The highest BCUT2D eigenvalue weighted by molar-refractivity contribution is 6.34. The maximum atomic E-state index is 12.7. The number of fused-ring (bicyclic) bond motifs is 1. The zero-order chi connectivity index (χ0) is 15.1. The number of nitrogen functional groups attached to an aromatic ring is 1. The molecule has 0 aliphatic carbocycles. The number of nitrogens with zero attached hydrogens (tertiary/aromatic N) is 2. The number of imidazole rings is 1. The van der Waals surface area contributed by atoms with Crippen LogP contribution < -0.4 is 11.4 Å². The van der Waals surface area contributed by atoms with Crippen LogP contribution in [0.1, 0.15) is 10.4 Å². The molecule has 0 radical (unpaired) electrons. The lowest BCUT2D eigenvalue weighted by Crippen LogP contribution is -2.28. The van der Waals surface area contributed by atoms with Gasteiger partial charge in [-0.2, -0.15) is 0 Å². The van der Waals surface area contributed by atoms with Crippen molar-refractivity contribution in [2.45, 2.75) is 0 Å². The van der Waals surface area contributed by atoms with Crippen LogP contribution in [0.15, 0.2) is 47.3 Å². The third-order valence-electron chi connectivity index (χ3n) is 3.39. The molecule has 2 N–H and O–H groups in total. The van der Waals surface area contributed by atoms with Crippen LogP contribution in [0.2, 0.25) is 5.02 Å². The van der Waals surface area contributed by atoms with Crippen molar-refractivity contribution < 1.29 is 4.79 Å². The Balaban J connectivity index is 2.33. The molecular formula is C15H12ClN3O2. The Hall–Kier alpha value is -2.53.